The van der Waals surface area contributed by atoms with Crippen LogP contribution in [0, 0.1) is 5.82 Å². The van der Waals surface area contributed by atoms with Gasteiger partial charge >= 0.3 is 0 Å². The van der Waals surface area contributed by atoms with E-state index in [1.165, 1.54) is 25.0 Å². The van der Waals surface area contributed by atoms with Crippen LogP contribution in [0.3, 0.4) is 0 Å². The van der Waals surface area contributed by atoms with Crippen LogP contribution < -0.4 is 5.32 Å². The monoisotopic (exact) mass is 380 g/mol. The van der Waals surface area contributed by atoms with Crippen molar-refractivity contribution >= 4 is 5.91 Å². The minimum atomic E-state index is -1.02. The van der Waals surface area contributed by atoms with E-state index in [1.54, 1.807) is 0 Å². The number of aliphatic hydroxyl groups excluding tert-OH is 1. The molecule has 1 fully saturated rings. The van der Waals surface area contributed by atoms with Crippen LogP contribution in [0.15, 0.2) is 18.2 Å². The summed E-state index contributed by atoms with van der Waals surface area (Å²) in [5, 5.41) is 23.1. The fraction of sp³-hybridized carbons (Fsp3) is 0.667. The molecule has 1 aromatic rings. The molecule has 0 aliphatic carbocycles. The molecule has 1 saturated heterocycles. The van der Waals surface area contributed by atoms with Crippen molar-refractivity contribution in [1.29, 1.82) is 0 Å². The molecule has 152 valence electrons. The fourth-order valence-electron chi connectivity index (χ4n) is 3.58. The molecule has 27 heavy (non-hydrogen) atoms. The highest BCUT2D eigenvalue weighted by Gasteiger charge is 2.27. The van der Waals surface area contributed by atoms with Crippen molar-refractivity contribution in [2.45, 2.75) is 70.4 Å². The number of amides is 1. The Kier molecular flexibility index (Phi) is 9.01. The zero-order valence-electron chi connectivity index (χ0n) is 16.3. The summed E-state index contributed by atoms with van der Waals surface area (Å²) < 4.78 is 13.7. The van der Waals surface area contributed by atoms with Gasteiger partial charge < -0.3 is 20.4 Å². The zero-order valence-corrected chi connectivity index (χ0v) is 16.3. The van der Waals surface area contributed by atoms with E-state index in [0.29, 0.717) is 18.5 Å². The molecule has 1 aromatic carbocycles. The summed E-state index contributed by atoms with van der Waals surface area (Å²) in [6.07, 6.45) is 7.00. The first-order chi connectivity index (χ1) is 13.0. The fourth-order valence-corrected chi connectivity index (χ4v) is 3.58. The number of carbonyl (C=O) groups excluding carboxylic acids is 1. The normalized spacial score (nSPS) is 17.0. The van der Waals surface area contributed by atoms with E-state index < -0.39 is 23.7 Å². The number of phenolic OH excluding ortho intramolecular Hbond substituents is 1. The van der Waals surface area contributed by atoms with Crippen molar-refractivity contribution in [3.05, 3.63) is 29.6 Å². The number of likely N-dealkylation sites (tertiary alicyclic amines) is 1. The zero-order chi connectivity index (χ0) is 19.6. The molecule has 1 aliphatic rings. The SMILES string of the molecule is CCCCCCCC(=O)N[C@H](CN1CCCC1)[C@H](O)c1ccc(O)c(F)c1. The van der Waals surface area contributed by atoms with E-state index in [1.807, 2.05) is 0 Å². The molecular weight excluding hydrogens is 347 g/mol. The van der Waals surface area contributed by atoms with E-state index in [9.17, 15) is 19.4 Å². The molecule has 5 nitrogen and oxygen atoms in total. The second-order valence-corrected chi connectivity index (χ2v) is 7.50. The average Bonchev–Trinajstić information content (AvgIpc) is 3.16. The van der Waals surface area contributed by atoms with Gasteiger partial charge in [-0.05, 0) is 50.0 Å². The summed E-state index contributed by atoms with van der Waals surface area (Å²) in [5.74, 6) is -1.29. The second kappa shape index (κ2) is 11.2. The second-order valence-electron chi connectivity index (χ2n) is 7.50. The molecular formula is C21H33FN2O3. The number of rotatable bonds is 11. The molecule has 2 rings (SSSR count). The molecule has 0 radical (unpaired) electrons. The van der Waals surface area contributed by atoms with Crippen LogP contribution in [0.25, 0.3) is 0 Å². The molecule has 6 heteroatoms. The maximum absolute atomic E-state index is 13.7. The van der Waals surface area contributed by atoms with E-state index in [0.717, 1.165) is 51.3 Å². The summed E-state index contributed by atoms with van der Waals surface area (Å²) in [5.41, 5.74) is 0.359. The number of hydrogen-bond acceptors (Lipinski definition) is 4. The van der Waals surface area contributed by atoms with Gasteiger partial charge in [-0.15, -0.1) is 0 Å². The summed E-state index contributed by atoms with van der Waals surface area (Å²) in [6.45, 7) is 4.58. The first kappa shape index (κ1) is 21.6. The Morgan fingerprint density at radius 1 is 1.22 bits per heavy atom. The summed E-state index contributed by atoms with van der Waals surface area (Å²) in [4.78, 5) is 14.6. The third-order valence-electron chi connectivity index (χ3n) is 5.20. The summed E-state index contributed by atoms with van der Waals surface area (Å²) >= 11 is 0. The standard InChI is InChI=1S/C21H33FN2O3/c1-2-3-4-5-6-9-20(26)23-18(15-24-12-7-8-13-24)21(27)16-10-11-19(25)17(22)14-16/h10-11,14,18,21,25,27H,2-9,12-13,15H2,1H3,(H,23,26)/t18-,21-/m1/s1. The summed E-state index contributed by atoms with van der Waals surface area (Å²) in [7, 11) is 0. The van der Waals surface area contributed by atoms with E-state index >= 15 is 0 Å². The van der Waals surface area contributed by atoms with Crippen LogP contribution in [-0.2, 0) is 4.79 Å². The first-order valence-electron chi connectivity index (χ1n) is 10.2. The van der Waals surface area contributed by atoms with Gasteiger partial charge in [0.15, 0.2) is 11.6 Å². The summed E-state index contributed by atoms with van der Waals surface area (Å²) in [6, 6.07) is 3.36. The lowest BCUT2D eigenvalue weighted by Gasteiger charge is -2.29. The predicted molar refractivity (Wildman–Crippen MR) is 104 cm³/mol. The molecule has 0 saturated carbocycles. The van der Waals surface area contributed by atoms with Gasteiger partial charge in [-0.3, -0.25) is 4.79 Å². The molecule has 0 unspecified atom stereocenters. The van der Waals surface area contributed by atoms with Crippen molar-refractivity contribution in [3.63, 3.8) is 0 Å². The van der Waals surface area contributed by atoms with Gasteiger partial charge in [0.1, 0.15) is 6.10 Å². The number of aromatic hydroxyl groups is 1. The minimum absolute atomic E-state index is 0.0750. The Morgan fingerprint density at radius 2 is 1.93 bits per heavy atom. The highest BCUT2D eigenvalue weighted by atomic mass is 19.1. The van der Waals surface area contributed by atoms with Crippen LogP contribution in [0.5, 0.6) is 5.75 Å². The lowest BCUT2D eigenvalue weighted by molar-refractivity contribution is -0.123. The maximum atomic E-state index is 13.7. The van der Waals surface area contributed by atoms with Gasteiger partial charge in [0.25, 0.3) is 0 Å². The Balaban J connectivity index is 1.97. The van der Waals surface area contributed by atoms with Crippen LogP contribution in [0.2, 0.25) is 0 Å². The van der Waals surface area contributed by atoms with Gasteiger partial charge in [-0.2, -0.15) is 0 Å². The van der Waals surface area contributed by atoms with Gasteiger partial charge in [0.2, 0.25) is 5.91 Å². The van der Waals surface area contributed by atoms with E-state index in [-0.39, 0.29) is 5.91 Å². The number of halogens is 1. The van der Waals surface area contributed by atoms with Crippen molar-refractivity contribution < 1.29 is 19.4 Å². The van der Waals surface area contributed by atoms with Crippen LogP contribution >= 0.6 is 0 Å². The lowest BCUT2D eigenvalue weighted by Crippen LogP contribution is -2.46. The minimum Gasteiger partial charge on any atom is -0.505 e. The number of aliphatic hydroxyl groups is 1. The molecule has 0 spiro atoms. The van der Waals surface area contributed by atoms with Gasteiger partial charge in [-0.1, -0.05) is 38.7 Å². The smallest absolute Gasteiger partial charge is 0.220 e. The molecule has 1 heterocycles. The number of phenols is 1. The van der Waals surface area contributed by atoms with Gasteiger partial charge in [0, 0.05) is 13.0 Å². The number of nitrogens with one attached hydrogen (secondary N) is 1. The Hall–Kier alpha value is -1.66. The van der Waals surface area contributed by atoms with Crippen molar-refractivity contribution in [2.75, 3.05) is 19.6 Å². The quantitative estimate of drug-likeness (QED) is 0.514. The third-order valence-corrected chi connectivity index (χ3v) is 5.20. The maximum Gasteiger partial charge on any atom is 0.220 e. The van der Waals surface area contributed by atoms with Gasteiger partial charge in [-0.25, -0.2) is 4.39 Å². The topological polar surface area (TPSA) is 72.8 Å². The van der Waals surface area contributed by atoms with Crippen LogP contribution in [0.1, 0.15) is 70.0 Å². The Morgan fingerprint density at radius 3 is 2.59 bits per heavy atom. The van der Waals surface area contributed by atoms with E-state index in [4.69, 9.17) is 0 Å². The highest BCUT2D eigenvalue weighted by Crippen LogP contribution is 2.24. The van der Waals surface area contributed by atoms with Crippen molar-refractivity contribution in [3.8, 4) is 5.75 Å². The number of nitrogens with zero attached hydrogens (tertiary/aromatic N) is 1. The Bertz CT molecular complexity index is 591. The van der Waals surface area contributed by atoms with E-state index in [2.05, 4.69) is 17.1 Å². The predicted octanol–water partition coefficient (Wildman–Crippen LogP) is 3.51. The highest BCUT2D eigenvalue weighted by molar-refractivity contribution is 5.76. The lowest BCUT2D eigenvalue weighted by atomic mass is 10.0. The van der Waals surface area contributed by atoms with Crippen LogP contribution in [-0.4, -0.2) is 46.7 Å². The third kappa shape index (κ3) is 7.11. The molecule has 0 aromatic heterocycles. The van der Waals surface area contributed by atoms with Gasteiger partial charge in [0.05, 0.1) is 6.04 Å². The van der Waals surface area contributed by atoms with Crippen LogP contribution in [0.4, 0.5) is 4.39 Å². The number of unbranched alkanes of at least 4 members (excludes halogenated alkanes) is 4. The molecule has 0 bridgehead atoms. The molecule has 1 aliphatic heterocycles. The van der Waals surface area contributed by atoms with Crippen molar-refractivity contribution in [2.24, 2.45) is 0 Å². The molecule has 3 N–H and O–H groups in total. The Labute approximate surface area is 161 Å². The molecule has 1 amide bonds. The van der Waals surface area contributed by atoms with Crippen molar-refractivity contribution in [1.82, 2.24) is 10.2 Å². The number of benzene rings is 1. The molecule has 2 atom stereocenters. The first-order valence-corrected chi connectivity index (χ1v) is 10.2. The largest absolute Gasteiger partial charge is 0.505 e. The number of carbonyl (C=O) groups is 1. The number of hydrogen-bond donors (Lipinski definition) is 3. The average molecular weight is 381 g/mol.